The average Bonchev–Trinajstić information content (AvgIpc) is 2.61. The van der Waals surface area contributed by atoms with E-state index in [1.807, 2.05) is 4.90 Å². The number of alkyl halides is 3. The van der Waals surface area contributed by atoms with Crippen LogP contribution in [-0.4, -0.2) is 42.2 Å². The third kappa shape index (κ3) is 4.29. The quantitative estimate of drug-likeness (QED) is 0.905. The van der Waals surface area contributed by atoms with Crippen LogP contribution in [0.15, 0.2) is 30.3 Å². The van der Waals surface area contributed by atoms with Gasteiger partial charge in [0.05, 0.1) is 18.8 Å². The number of hydrogen-bond donors (Lipinski definition) is 1. The number of ether oxygens (including phenoxy) is 1. The number of amides is 1. The van der Waals surface area contributed by atoms with Gasteiger partial charge in [-0.2, -0.15) is 13.2 Å². The highest BCUT2D eigenvalue weighted by molar-refractivity contribution is 6.03. The number of benzene rings is 1. The summed E-state index contributed by atoms with van der Waals surface area (Å²) in [5.41, 5.74) is -0.367. The van der Waals surface area contributed by atoms with Gasteiger partial charge in [0.15, 0.2) is 0 Å². The number of carbonyl (C=O) groups is 1. The molecule has 2 aromatic rings. The Bertz CT molecular complexity index is 788. The second-order valence-corrected chi connectivity index (χ2v) is 5.79. The highest BCUT2D eigenvalue weighted by atomic mass is 19.4. The zero-order valence-corrected chi connectivity index (χ0v) is 14.0. The summed E-state index contributed by atoms with van der Waals surface area (Å²) in [5, 5.41) is 2.55. The van der Waals surface area contributed by atoms with Gasteiger partial charge < -0.3 is 15.0 Å². The van der Waals surface area contributed by atoms with Crippen molar-refractivity contribution in [1.82, 2.24) is 9.97 Å². The fourth-order valence-corrected chi connectivity index (χ4v) is 2.56. The van der Waals surface area contributed by atoms with Crippen LogP contribution in [0.25, 0.3) is 0 Å². The van der Waals surface area contributed by atoms with Crippen molar-refractivity contribution in [2.75, 3.05) is 36.5 Å². The Morgan fingerprint density at radius 2 is 1.81 bits per heavy atom. The lowest BCUT2D eigenvalue weighted by Gasteiger charge is -2.28. The zero-order valence-electron chi connectivity index (χ0n) is 14.0. The fourth-order valence-electron chi connectivity index (χ4n) is 2.56. The molecule has 0 unspecified atom stereocenters. The zero-order chi connectivity index (χ0) is 18.7. The van der Waals surface area contributed by atoms with Gasteiger partial charge in [0.25, 0.3) is 5.91 Å². The Morgan fingerprint density at radius 1 is 1.15 bits per heavy atom. The van der Waals surface area contributed by atoms with E-state index in [0.29, 0.717) is 37.9 Å². The number of nitrogens with one attached hydrogen (secondary N) is 1. The second kappa shape index (κ2) is 7.28. The van der Waals surface area contributed by atoms with Crippen LogP contribution in [0.2, 0.25) is 0 Å². The lowest BCUT2D eigenvalue weighted by molar-refractivity contribution is -0.137. The second-order valence-electron chi connectivity index (χ2n) is 5.79. The number of anilines is 2. The molecule has 1 fully saturated rings. The molecule has 0 spiro atoms. The van der Waals surface area contributed by atoms with Crippen LogP contribution in [0, 0.1) is 6.92 Å². The third-order valence-electron chi connectivity index (χ3n) is 3.86. The van der Waals surface area contributed by atoms with Crippen LogP contribution in [0.5, 0.6) is 0 Å². The molecule has 138 valence electrons. The van der Waals surface area contributed by atoms with Crippen molar-refractivity contribution in [3.63, 3.8) is 0 Å². The standard InChI is InChI=1S/C17H17F3N4O2/c1-11-21-14(10-15(22-11)24-6-8-26-9-7-24)16(25)23-13-4-2-12(3-5-13)17(18,19)20/h2-5,10H,6-9H2,1H3,(H,23,25). The molecule has 6 nitrogen and oxygen atoms in total. The maximum atomic E-state index is 12.6. The van der Waals surface area contributed by atoms with Crippen LogP contribution in [0.1, 0.15) is 21.9 Å². The molecule has 9 heteroatoms. The number of halogens is 3. The predicted octanol–water partition coefficient (Wildman–Crippen LogP) is 2.89. The van der Waals surface area contributed by atoms with Crippen molar-refractivity contribution in [2.45, 2.75) is 13.1 Å². The predicted molar refractivity (Wildman–Crippen MR) is 89.2 cm³/mol. The molecule has 1 aliphatic rings. The maximum absolute atomic E-state index is 12.6. The average molecular weight is 366 g/mol. The number of morpholine rings is 1. The summed E-state index contributed by atoms with van der Waals surface area (Å²) in [6.07, 6.45) is -4.42. The first-order chi connectivity index (χ1) is 12.3. The largest absolute Gasteiger partial charge is 0.416 e. The Morgan fingerprint density at radius 3 is 2.42 bits per heavy atom. The molecule has 0 saturated carbocycles. The minimum atomic E-state index is -4.42. The van der Waals surface area contributed by atoms with Crippen LogP contribution in [0.4, 0.5) is 24.7 Å². The summed E-state index contributed by atoms with van der Waals surface area (Å²) in [4.78, 5) is 22.9. The lowest BCUT2D eigenvalue weighted by Crippen LogP contribution is -2.37. The molecule has 1 saturated heterocycles. The summed E-state index contributed by atoms with van der Waals surface area (Å²) in [7, 11) is 0. The van der Waals surface area contributed by atoms with E-state index >= 15 is 0 Å². The molecule has 1 N–H and O–H groups in total. The summed E-state index contributed by atoms with van der Waals surface area (Å²) in [6.45, 7) is 4.16. The van der Waals surface area contributed by atoms with E-state index in [0.717, 1.165) is 12.1 Å². The van der Waals surface area contributed by atoms with Crippen LogP contribution < -0.4 is 10.2 Å². The Kier molecular flexibility index (Phi) is 5.08. The van der Waals surface area contributed by atoms with Crippen LogP contribution in [-0.2, 0) is 10.9 Å². The minimum Gasteiger partial charge on any atom is -0.378 e. The molecule has 0 atom stereocenters. The molecule has 1 amide bonds. The van der Waals surface area contributed by atoms with Gasteiger partial charge in [-0.15, -0.1) is 0 Å². The maximum Gasteiger partial charge on any atom is 0.416 e. The number of carbonyl (C=O) groups excluding carboxylic acids is 1. The topological polar surface area (TPSA) is 67.4 Å². The molecule has 26 heavy (non-hydrogen) atoms. The van der Waals surface area contributed by atoms with E-state index in [1.165, 1.54) is 12.1 Å². The van der Waals surface area contributed by atoms with E-state index in [4.69, 9.17) is 4.74 Å². The molecule has 0 radical (unpaired) electrons. The van der Waals surface area contributed by atoms with Gasteiger partial charge >= 0.3 is 6.18 Å². The van der Waals surface area contributed by atoms with Crippen LogP contribution in [0.3, 0.4) is 0 Å². The van der Waals surface area contributed by atoms with E-state index in [-0.39, 0.29) is 11.4 Å². The third-order valence-corrected chi connectivity index (χ3v) is 3.86. The molecule has 1 aromatic carbocycles. The highest BCUT2D eigenvalue weighted by Crippen LogP contribution is 2.29. The Hall–Kier alpha value is -2.68. The van der Waals surface area contributed by atoms with Gasteiger partial charge in [-0.3, -0.25) is 4.79 Å². The minimum absolute atomic E-state index is 0.152. The first kappa shape index (κ1) is 18.1. The summed E-state index contributed by atoms with van der Waals surface area (Å²) < 4.78 is 43.1. The smallest absolute Gasteiger partial charge is 0.378 e. The first-order valence-corrected chi connectivity index (χ1v) is 8.00. The number of rotatable bonds is 3. The van der Waals surface area contributed by atoms with Gasteiger partial charge in [-0.1, -0.05) is 0 Å². The van der Waals surface area contributed by atoms with Crippen molar-refractivity contribution < 1.29 is 22.7 Å². The Balaban J connectivity index is 1.76. The van der Waals surface area contributed by atoms with Crippen molar-refractivity contribution in [3.8, 4) is 0 Å². The van der Waals surface area contributed by atoms with Crippen LogP contribution >= 0.6 is 0 Å². The number of aromatic nitrogens is 2. The molecule has 0 bridgehead atoms. The van der Waals surface area contributed by atoms with Gasteiger partial charge in [0.2, 0.25) is 0 Å². The van der Waals surface area contributed by atoms with Gasteiger partial charge in [0, 0.05) is 24.8 Å². The molecular weight excluding hydrogens is 349 g/mol. The highest BCUT2D eigenvalue weighted by Gasteiger charge is 2.30. The van der Waals surface area contributed by atoms with E-state index in [2.05, 4.69) is 15.3 Å². The summed E-state index contributed by atoms with van der Waals surface area (Å²) in [5.74, 6) is 0.551. The number of nitrogens with zero attached hydrogens (tertiary/aromatic N) is 3. The molecule has 1 aromatic heterocycles. The lowest BCUT2D eigenvalue weighted by atomic mass is 10.2. The molecule has 3 rings (SSSR count). The van der Waals surface area contributed by atoms with Crippen molar-refractivity contribution in [2.24, 2.45) is 0 Å². The van der Waals surface area contributed by atoms with Gasteiger partial charge in [0.1, 0.15) is 17.3 Å². The van der Waals surface area contributed by atoms with Crippen molar-refractivity contribution in [3.05, 3.63) is 47.4 Å². The normalized spacial score (nSPS) is 15.0. The van der Waals surface area contributed by atoms with Gasteiger partial charge in [-0.25, -0.2) is 9.97 Å². The number of hydrogen-bond acceptors (Lipinski definition) is 5. The fraction of sp³-hybridized carbons (Fsp3) is 0.353. The van der Waals surface area contributed by atoms with Crippen molar-refractivity contribution in [1.29, 1.82) is 0 Å². The molecule has 2 heterocycles. The van der Waals surface area contributed by atoms with E-state index < -0.39 is 17.6 Å². The van der Waals surface area contributed by atoms with Crippen molar-refractivity contribution >= 4 is 17.4 Å². The molecule has 1 aliphatic heterocycles. The summed E-state index contributed by atoms with van der Waals surface area (Å²) >= 11 is 0. The van der Waals surface area contributed by atoms with E-state index in [1.54, 1.807) is 13.0 Å². The molecule has 0 aliphatic carbocycles. The SMILES string of the molecule is Cc1nc(C(=O)Nc2ccc(C(F)(F)F)cc2)cc(N2CCOCC2)n1. The Labute approximate surface area is 148 Å². The van der Waals surface area contributed by atoms with E-state index in [9.17, 15) is 18.0 Å². The number of aryl methyl sites for hydroxylation is 1. The van der Waals surface area contributed by atoms with Gasteiger partial charge in [-0.05, 0) is 31.2 Å². The monoisotopic (exact) mass is 366 g/mol. The molecular formula is C17H17F3N4O2. The first-order valence-electron chi connectivity index (χ1n) is 8.00. The summed E-state index contributed by atoms with van der Waals surface area (Å²) in [6, 6.07) is 5.81.